The molecule has 0 unspecified atom stereocenters. The van der Waals surface area contributed by atoms with E-state index in [1.807, 2.05) is 25.2 Å². The van der Waals surface area contributed by atoms with Gasteiger partial charge in [0, 0.05) is 13.1 Å². The number of hydrogen-bond donors (Lipinski definition) is 1. The average molecular weight is 248 g/mol. The molecule has 3 nitrogen and oxygen atoms in total. The molecule has 0 saturated carbocycles. The van der Waals surface area contributed by atoms with Gasteiger partial charge in [-0.1, -0.05) is 6.07 Å². The largest absolute Gasteiger partial charge is 0.468 e. The van der Waals surface area contributed by atoms with Crippen molar-refractivity contribution >= 4 is 0 Å². The topological polar surface area (TPSA) is 42.4 Å². The van der Waals surface area contributed by atoms with Crippen molar-refractivity contribution in [3.63, 3.8) is 0 Å². The van der Waals surface area contributed by atoms with Crippen molar-refractivity contribution in [2.24, 2.45) is 5.73 Å². The quantitative estimate of drug-likeness (QED) is 0.884. The third kappa shape index (κ3) is 3.42. The summed E-state index contributed by atoms with van der Waals surface area (Å²) >= 11 is 0. The van der Waals surface area contributed by atoms with Gasteiger partial charge in [0.15, 0.2) is 0 Å². The molecule has 1 heterocycles. The lowest BCUT2D eigenvalue weighted by Crippen LogP contribution is -2.17. The summed E-state index contributed by atoms with van der Waals surface area (Å²) in [5.41, 5.74) is 7.27. The highest BCUT2D eigenvalue weighted by Gasteiger charge is 2.06. The molecule has 0 fully saturated rings. The Morgan fingerprint density at radius 2 is 2.00 bits per heavy atom. The molecule has 0 aliphatic rings. The van der Waals surface area contributed by atoms with E-state index >= 15 is 0 Å². The third-order valence-corrected chi connectivity index (χ3v) is 2.71. The van der Waals surface area contributed by atoms with E-state index in [0.717, 1.165) is 16.9 Å². The van der Waals surface area contributed by atoms with Gasteiger partial charge in [-0.25, -0.2) is 4.39 Å². The fourth-order valence-corrected chi connectivity index (χ4v) is 1.96. The Bertz CT molecular complexity index is 497. The first-order chi connectivity index (χ1) is 8.67. The molecule has 2 aromatic rings. The highest BCUT2D eigenvalue weighted by molar-refractivity contribution is 5.24. The first-order valence-corrected chi connectivity index (χ1v) is 5.86. The molecule has 0 amide bonds. The van der Waals surface area contributed by atoms with Crippen LogP contribution in [-0.4, -0.2) is 11.9 Å². The molecule has 96 valence electrons. The van der Waals surface area contributed by atoms with Gasteiger partial charge in [-0.2, -0.15) is 0 Å². The zero-order valence-corrected chi connectivity index (χ0v) is 10.4. The Balaban J connectivity index is 2.02. The van der Waals surface area contributed by atoms with Gasteiger partial charge in [0.25, 0.3) is 0 Å². The molecule has 0 saturated heterocycles. The van der Waals surface area contributed by atoms with Gasteiger partial charge in [-0.15, -0.1) is 0 Å². The lowest BCUT2D eigenvalue weighted by molar-refractivity contribution is 0.287. The van der Waals surface area contributed by atoms with Gasteiger partial charge in [0.2, 0.25) is 0 Å². The van der Waals surface area contributed by atoms with Crippen LogP contribution in [0, 0.1) is 5.82 Å². The van der Waals surface area contributed by atoms with E-state index in [1.54, 1.807) is 6.26 Å². The molecule has 0 aliphatic heterocycles. The minimum Gasteiger partial charge on any atom is -0.468 e. The first-order valence-electron chi connectivity index (χ1n) is 5.86. The molecule has 0 radical (unpaired) electrons. The van der Waals surface area contributed by atoms with Crippen LogP contribution in [-0.2, 0) is 19.6 Å². The van der Waals surface area contributed by atoms with Crippen LogP contribution in [0.5, 0.6) is 0 Å². The van der Waals surface area contributed by atoms with E-state index in [4.69, 9.17) is 10.2 Å². The highest BCUT2D eigenvalue weighted by Crippen LogP contribution is 2.12. The van der Waals surface area contributed by atoms with Crippen LogP contribution in [0.3, 0.4) is 0 Å². The van der Waals surface area contributed by atoms with Gasteiger partial charge < -0.3 is 10.2 Å². The summed E-state index contributed by atoms with van der Waals surface area (Å²) < 4.78 is 18.6. The average Bonchev–Trinajstić information content (AvgIpc) is 2.80. The number of halogens is 1. The van der Waals surface area contributed by atoms with Crippen LogP contribution in [0.25, 0.3) is 0 Å². The minimum atomic E-state index is -0.237. The maximum atomic E-state index is 13.3. The number of rotatable bonds is 5. The molecular weight excluding hydrogens is 231 g/mol. The predicted molar refractivity (Wildman–Crippen MR) is 68.2 cm³/mol. The van der Waals surface area contributed by atoms with Crippen LogP contribution in [0.15, 0.2) is 41.0 Å². The predicted octanol–water partition coefficient (Wildman–Crippen LogP) is 2.51. The molecule has 0 atom stereocenters. The van der Waals surface area contributed by atoms with Gasteiger partial charge >= 0.3 is 0 Å². The van der Waals surface area contributed by atoms with Gasteiger partial charge in [-0.05, 0) is 42.4 Å². The Hall–Kier alpha value is -1.65. The second-order valence-electron chi connectivity index (χ2n) is 4.42. The number of nitrogens with zero attached hydrogens (tertiary/aromatic N) is 1. The minimum absolute atomic E-state index is 0.237. The summed E-state index contributed by atoms with van der Waals surface area (Å²) in [5.74, 6) is 0.660. The molecule has 2 rings (SSSR count). The molecule has 0 bridgehead atoms. The Kier molecular flexibility index (Phi) is 4.12. The van der Waals surface area contributed by atoms with E-state index in [-0.39, 0.29) is 5.82 Å². The number of furan rings is 1. The zero-order valence-electron chi connectivity index (χ0n) is 10.4. The number of hydrogen-bond acceptors (Lipinski definition) is 3. The fourth-order valence-electron chi connectivity index (χ4n) is 1.96. The zero-order chi connectivity index (χ0) is 13.0. The van der Waals surface area contributed by atoms with Crippen LogP contribution in [0.4, 0.5) is 4.39 Å². The van der Waals surface area contributed by atoms with Gasteiger partial charge in [0.05, 0.1) is 12.8 Å². The second kappa shape index (κ2) is 5.80. The molecule has 2 N–H and O–H groups in total. The van der Waals surface area contributed by atoms with Crippen LogP contribution in [0.2, 0.25) is 0 Å². The van der Waals surface area contributed by atoms with Crippen molar-refractivity contribution in [1.29, 1.82) is 0 Å². The molecular formula is C14H17FN2O. The lowest BCUT2D eigenvalue weighted by Gasteiger charge is -2.15. The van der Waals surface area contributed by atoms with Crippen molar-refractivity contribution in [2.45, 2.75) is 19.6 Å². The molecule has 1 aromatic carbocycles. The van der Waals surface area contributed by atoms with E-state index < -0.39 is 0 Å². The Morgan fingerprint density at radius 3 is 2.67 bits per heavy atom. The van der Waals surface area contributed by atoms with E-state index in [9.17, 15) is 4.39 Å². The summed E-state index contributed by atoms with van der Waals surface area (Å²) in [4.78, 5) is 2.06. The number of nitrogens with two attached hydrogens (primary N) is 1. The van der Waals surface area contributed by atoms with E-state index in [1.165, 1.54) is 12.1 Å². The van der Waals surface area contributed by atoms with Crippen molar-refractivity contribution in [3.8, 4) is 0 Å². The standard InChI is InChI=1S/C14H17FN2O/c1-17(10-14-3-2-4-18-14)9-12-5-11(8-16)6-13(15)7-12/h2-7H,8-10,16H2,1H3. The van der Waals surface area contributed by atoms with E-state index in [0.29, 0.717) is 19.6 Å². The summed E-state index contributed by atoms with van der Waals surface area (Å²) in [5, 5.41) is 0. The molecule has 0 aliphatic carbocycles. The second-order valence-corrected chi connectivity index (χ2v) is 4.42. The SMILES string of the molecule is CN(Cc1cc(F)cc(CN)c1)Cc1ccco1. The van der Waals surface area contributed by atoms with Crippen LogP contribution in [0.1, 0.15) is 16.9 Å². The van der Waals surface area contributed by atoms with Crippen molar-refractivity contribution < 1.29 is 8.81 Å². The normalized spacial score (nSPS) is 11.1. The van der Waals surface area contributed by atoms with Gasteiger partial charge in [-0.3, -0.25) is 4.90 Å². The molecule has 4 heteroatoms. The Labute approximate surface area is 106 Å². The summed E-state index contributed by atoms with van der Waals surface area (Å²) in [6, 6.07) is 8.72. The number of benzene rings is 1. The molecule has 18 heavy (non-hydrogen) atoms. The summed E-state index contributed by atoms with van der Waals surface area (Å²) in [7, 11) is 1.97. The molecule has 1 aromatic heterocycles. The fraction of sp³-hybridized carbons (Fsp3) is 0.286. The first kappa shape index (κ1) is 12.8. The van der Waals surface area contributed by atoms with Crippen molar-refractivity contribution in [2.75, 3.05) is 7.05 Å². The van der Waals surface area contributed by atoms with Crippen molar-refractivity contribution in [3.05, 3.63) is 59.3 Å². The highest BCUT2D eigenvalue weighted by atomic mass is 19.1. The van der Waals surface area contributed by atoms with Crippen LogP contribution >= 0.6 is 0 Å². The smallest absolute Gasteiger partial charge is 0.123 e. The Morgan fingerprint density at radius 1 is 1.22 bits per heavy atom. The van der Waals surface area contributed by atoms with Gasteiger partial charge in [0.1, 0.15) is 11.6 Å². The monoisotopic (exact) mass is 248 g/mol. The maximum Gasteiger partial charge on any atom is 0.123 e. The maximum absolute atomic E-state index is 13.3. The summed E-state index contributed by atoms with van der Waals surface area (Å²) in [6.45, 7) is 1.71. The third-order valence-electron chi connectivity index (χ3n) is 2.71. The summed E-state index contributed by atoms with van der Waals surface area (Å²) in [6.07, 6.45) is 1.65. The van der Waals surface area contributed by atoms with Crippen LogP contribution < -0.4 is 5.73 Å². The van der Waals surface area contributed by atoms with Crippen molar-refractivity contribution in [1.82, 2.24) is 4.90 Å². The molecule has 0 spiro atoms. The van der Waals surface area contributed by atoms with E-state index in [2.05, 4.69) is 4.90 Å². The lowest BCUT2D eigenvalue weighted by atomic mass is 10.1.